The summed E-state index contributed by atoms with van der Waals surface area (Å²) >= 11 is 3.62. The number of benzene rings is 1. The minimum atomic E-state index is -0.261. The molecule has 1 fully saturated rings. The first-order valence-electron chi connectivity index (χ1n) is 7.28. The van der Waals surface area contributed by atoms with E-state index in [1.54, 1.807) is 0 Å². The maximum Gasteiger partial charge on any atom is 0.227 e. The van der Waals surface area contributed by atoms with Crippen LogP contribution in [0.1, 0.15) is 37.7 Å². The number of amides is 1. The van der Waals surface area contributed by atoms with Crippen LogP contribution in [0.15, 0.2) is 18.2 Å². The molecule has 20 heavy (non-hydrogen) atoms. The van der Waals surface area contributed by atoms with Crippen molar-refractivity contribution in [2.75, 3.05) is 16.8 Å². The first-order chi connectivity index (χ1) is 9.63. The summed E-state index contributed by atoms with van der Waals surface area (Å²) in [6.45, 7) is 0.716. The Balaban J connectivity index is 1.92. The zero-order valence-corrected chi connectivity index (χ0v) is 13.1. The van der Waals surface area contributed by atoms with Gasteiger partial charge >= 0.3 is 0 Å². The highest BCUT2D eigenvalue weighted by molar-refractivity contribution is 9.09. The zero-order chi connectivity index (χ0) is 14.2. The Labute approximate surface area is 127 Å². The van der Waals surface area contributed by atoms with Gasteiger partial charge in [-0.1, -0.05) is 34.8 Å². The second-order valence-corrected chi connectivity index (χ2v) is 6.65. The van der Waals surface area contributed by atoms with Crippen molar-refractivity contribution in [1.29, 1.82) is 0 Å². The Morgan fingerprint density at radius 2 is 2.00 bits per heavy atom. The fourth-order valence-corrected chi connectivity index (χ4v) is 4.22. The molecule has 1 aromatic rings. The van der Waals surface area contributed by atoms with Gasteiger partial charge in [-0.15, -0.1) is 0 Å². The summed E-state index contributed by atoms with van der Waals surface area (Å²) in [4.78, 5) is 14.1. The number of carbonyl (C=O) groups excluding carboxylic acids is 1. The molecule has 1 heterocycles. The number of hydrogen-bond acceptors (Lipinski definition) is 1. The Morgan fingerprint density at radius 3 is 2.70 bits per heavy atom. The first kappa shape index (κ1) is 14.1. The minimum absolute atomic E-state index is 0.135. The SMILES string of the molecule is O=C1CCc2ccc(F)cc2N1CC1(CBr)CCCC1. The normalized spacial score (nSPS) is 21.1. The molecule has 1 aliphatic carbocycles. The van der Waals surface area contributed by atoms with Crippen molar-refractivity contribution in [3.63, 3.8) is 0 Å². The molecule has 0 unspecified atom stereocenters. The molecule has 1 aromatic carbocycles. The van der Waals surface area contributed by atoms with E-state index in [1.165, 1.54) is 25.0 Å². The molecular weight excluding hydrogens is 321 g/mol. The van der Waals surface area contributed by atoms with Crippen LogP contribution in [0, 0.1) is 11.2 Å². The third kappa shape index (κ3) is 2.50. The third-order valence-electron chi connectivity index (χ3n) is 4.69. The number of hydrogen-bond donors (Lipinski definition) is 0. The lowest BCUT2D eigenvalue weighted by Gasteiger charge is -2.37. The lowest BCUT2D eigenvalue weighted by Crippen LogP contribution is -2.43. The van der Waals surface area contributed by atoms with Gasteiger partial charge in [-0.25, -0.2) is 4.39 Å². The number of aryl methyl sites for hydroxylation is 1. The quantitative estimate of drug-likeness (QED) is 0.760. The molecule has 0 radical (unpaired) electrons. The Hall–Kier alpha value is -0.900. The summed E-state index contributed by atoms with van der Waals surface area (Å²) in [6.07, 6.45) is 6.01. The Kier molecular flexibility index (Phi) is 3.85. The van der Waals surface area contributed by atoms with Gasteiger partial charge in [0.05, 0.1) is 0 Å². The van der Waals surface area contributed by atoms with Crippen LogP contribution in [0.25, 0.3) is 0 Å². The maximum absolute atomic E-state index is 13.5. The number of alkyl halides is 1. The van der Waals surface area contributed by atoms with E-state index in [0.29, 0.717) is 13.0 Å². The van der Waals surface area contributed by atoms with E-state index in [-0.39, 0.29) is 17.1 Å². The lowest BCUT2D eigenvalue weighted by atomic mass is 9.87. The molecule has 108 valence electrons. The smallest absolute Gasteiger partial charge is 0.227 e. The summed E-state index contributed by atoms with van der Waals surface area (Å²) in [5.41, 5.74) is 2.04. The highest BCUT2D eigenvalue weighted by atomic mass is 79.9. The van der Waals surface area contributed by atoms with E-state index < -0.39 is 0 Å². The predicted octanol–water partition coefficient (Wildman–Crippen LogP) is 4.06. The minimum Gasteiger partial charge on any atom is -0.311 e. The average molecular weight is 340 g/mol. The van der Waals surface area contributed by atoms with Crippen molar-refractivity contribution >= 4 is 27.5 Å². The van der Waals surface area contributed by atoms with E-state index in [4.69, 9.17) is 0 Å². The van der Waals surface area contributed by atoms with Crippen LogP contribution in [-0.4, -0.2) is 17.8 Å². The highest BCUT2D eigenvalue weighted by Crippen LogP contribution is 2.42. The second kappa shape index (κ2) is 5.47. The largest absolute Gasteiger partial charge is 0.311 e. The van der Waals surface area contributed by atoms with Crippen molar-refractivity contribution in [2.24, 2.45) is 5.41 Å². The molecule has 0 atom stereocenters. The maximum atomic E-state index is 13.5. The second-order valence-electron chi connectivity index (χ2n) is 6.09. The molecule has 0 spiro atoms. The average Bonchev–Trinajstić information content (AvgIpc) is 2.91. The molecule has 1 aliphatic heterocycles. The molecule has 0 bridgehead atoms. The van der Waals surface area contributed by atoms with Gasteiger partial charge in [-0.2, -0.15) is 0 Å². The number of fused-ring (bicyclic) bond motifs is 1. The zero-order valence-electron chi connectivity index (χ0n) is 11.5. The molecule has 0 aromatic heterocycles. The summed E-state index contributed by atoms with van der Waals surface area (Å²) in [5, 5.41) is 0.911. The van der Waals surface area contributed by atoms with Gasteiger partial charge in [0.25, 0.3) is 0 Å². The molecular formula is C16H19BrFNO. The fourth-order valence-electron chi connectivity index (χ4n) is 3.48. The molecule has 0 saturated heterocycles. The van der Waals surface area contributed by atoms with Crippen LogP contribution in [0.5, 0.6) is 0 Å². The van der Waals surface area contributed by atoms with E-state index in [9.17, 15) is 9.18 Å². The summed E-state index contributed by atoms with van der Waals surface area (Å²) in [6, 6.07) is 4.82. The Bertz CT molecular complexity index is 525. The van der Waals surface area contributed by atoms with Crippen molar-refractivity contribution in [3.05, 3.63) is 29.6 Å². The molecule has 2 nitrogen and oxygen atoms in total. The van der Waals surface area contributed by atoms with Gasteiger partial charge in [0.1, 0.15) is 5.82 Å². The first-order valence-corrected chi connectivity index (χ1v) is 8.40. The van der Waals surface area contributed by atoms with E-state index in [0.717, 1.165) is 35.8 Å². The van der Waals surface area contributed by atoms with Gasteiger partial charge in [0.2, 0.25) is 5.91 Å². The van der Waals surface area contributed by atoms with E-state index >= 15 is 0 Å². The van der Waals surface area contributed by atoms with Crippen molar-refractivity contribution in [3.8, 4) is 0 Å². The van der Waals surface area contributed by atoms with E-state index in [2.05, 4.69) is 15.9 Å². The standard InChI is InChI=1S/C16H19BrFNO/c17-10-16(7-1-2-8-16)11-19-14-9-13(18)5-3-12(14)4-6-15(19)20/h3,5,9H,1-2,4,6-8,10-11H2. The van der Waals surface area contributed by atoms with E-state index in [1.807, 2.05) is 11.0 Å². The predicted molar refractivity (Wildman–Crippen MR) is 81.8 cm³/mol. The molecule has 3 rings (SSSR count). The number of halogens is 2. The Morgan fingerprint density at radius 1 is 1.25 bits per heavy atom. The molecule has 1 amide bonds. The monoisotopic (exact) mass is 339 g/mol. The van der Waals surface area contributed by atoms with Gasteiger partial charge in [0.15, 0.2) is 0 Å². The van der Waals surface area contributed by atoms with Gasteiger partial charge in [-0.05, 0) is 42.4 Å². The fraction of sp³-hybridized carbons (Fsp3) is 0.562. The van der Waals surface area contributed by atoms with Crippen LogP contribution in [0.3, 0.4) is 0 Å². The molecule has 1 saturated carbocycles. The van der Waals surface area contributed by atoms with Crippen molar-refractivity contribution in [1.82, 2.24) is 0 Å². The summed E-state index contributed by atoms with van der Waals surface area (Å²) in [5.74, 6) is -0.127. The van der Waals surface area contributed by atoms with Crippen LogP contribution in [0.2, 0.25) is 0 Å². The molecule has 4 heteroatoms. The van der Waals surface area contributed by atoms with Crippen LogP contribution < -0.4 is 4.90 Å². The van der Waals surface area contributed by atoms with Crippen LogP contribution >= 0.6 is 15.9 Å². The van der Waals surface area contributed by atoms with Gasteiger partial charge in [-0.3, -0.25) is 4.79 Å². The highest BCUT2D eigenvalue weighted by Gasteiger charge is 2.37. The van der Waals surface area contributed by atoms with Crippen molar-refractivity contribution < 1.29 is 9.18 Å². The number of anilines is 1. The van der Waals surface area contributed by atoms with Crippen LogP contribution in [-0.2, 0) is 11.2 Å². The van der Waals surface area contributed by atoms with Crippen molar-refractivity contribution in [2.45, 2.75) is 38.5 Å². The number of rotatable bonds is 3. The summed E-state index contributed by atoms with van der Waals surface area (Å²) < 4.78 is 13.5. The number of carbonyl (C=O) groups is 1. The molecule has 0 N–H and O–H groups in total. The molecule has 2 aliphatic rings. The van der Waals surface area contributed by atoms with Crippen LogP contribution in [0.4, 0.5) is 10.1 Å². The lowest BCUT2D eigenvalue weighted by molar-refractivity contribution is -0.119. The summed E-state index contributed by atoms with van der Waals surface area (Å²) in [7, 11) is 0. The number of nitrogens with zero attached hydrogens (tertiary/aromatic N) is 1. The third-order valence-corrected chi connectivity index (χ3v) is 5.88. The van der Waals surface area contributed by atoms with Gasteiger partial charge in [0, 0.05) is 24.0 Å². The van der Waals surface area contributed by atoms with Gasteiger partial charge < -0.3 is 4.90 Å². The topological polar surface area (TPSA) is 20.3 Å².